The molecule has 5 saturated heterocycles. The number of aliphatic hydroxyl groups excluding tert-OH is 12. The van der Waals surface area contributed by atoms with E-state index in [0.29, 0.717) is 0 Å². The van der Waals surface area contributed by atoms with Gasteiger partial charge in [-0.15, -0.1) is 0 Å². The summed E-state index contributed by atoms with van der Waals surface area (Å²) in [6.07, 6.45) is -34.8. The summed E-state index contributed by atoms with van der Waals surface area (Å²) in [7, 11) is 0. The molecular formula is C28H48O22. The molecule has 5 rings (SSSR count). The molecule has 0 aliphatic carbocycles. The van der Waals surface area contributed by atoms with Crippen LogP contribution in [-0.4, -0.2) is 228 Å². The van der Waals surface area contributed by atoms with Crippen molar-refractivity contribution in [2.24, 2.45) is 0 Å². The van der Waals surface area contributed by atoms with E-state index in [2.05, 4.69) is 0 Å². The van der Waals surface area contributed by atoms with Gasteiger partial charge in [0.1, 0.15) is 91.1 Å². The Kier molecular flexibility index (Phi) is 13.1. The smallest absolute Gasteiger partial charge is 0.187 e. The van der Waals surface area contributed by atoms with Gasteiger partial charge in [0.25, 0.3) is 0 Å². The van der Waals surface area contributed by atoms with Gasteiger partial charge in [0.15, 0.2) is 31.5 Å². The number of hydrogen-bond donors (Lipinski definition) is 13. The molecule has 1 unspecified atom stereocenters. The minimum Gasteiger partial charge on any atom is -0.394 e. The third-order valence-electron chi connectivity index (χ3n) is 9.57. The number of aliphatic hydroxyl groups is 13. The Morgan fingerprint density at radius 2 is 1.16 bits per heavy atom. The van der Waals surface area contributed by atoms with Gasteiger partial charge in [0.05, 0.1) is 38.6 Å². The first-order valence-corrected chi connectivity index (χ1v) is 16.1. The van der Waals surface area contributed by atoms with Crippen molar-refractivity contribution in [3.63, 3.8) is 0 Å². The molecule has 0 aromatic carbocycles. The molecule has 0 aromatic rings. The largest absolute Gasteiger partial charge is 0.394 e. The fourth-order valence-corrected chi connectivity index (χ4v) is 6.38. The molecule has 0 spiro atoms. The van der Waals surface area contributed by atoms with Crippen molar-refractivity contribution < 1.29 is 109 Å². The fourth-order valence-electron chi connectivity index (χ4n) is 6.38. The maximum absolute atomic E-state index is 11.5. The summed E-state index contributed by atoms with van der Waals surface area (Å²) in [5.74, 6) is 0. The Balaban J connectivity index is 1.37. The zero-order valence-corrected chi connectivity index (χ0v) is 26.9. The lowest BCUT2D eigenvalue weighted by molar-refractivity contribution is -0.396. The van der Waals surface area contributed by atoms with Crippen LogP contribution in [0.15, 0.2) is 0 Å². The van der Waals surface area contributed by atoms with Gasteiger partial charge in [-0.05, 0) is 13.8 Å². The first-order valence-electron chi connectivity index (χ1n) is 16.1. The maximum Gasteiger partial charge on any atom is 0.187 e. The summed E-state index contributed by atoms with van der Waals surface area (Å²) >= 11 is 0. The zero-order valence-electron chi connectivity index (χ0n) is 26.9. The van der Waals surface area contributed by atoms with Crippen LogP contribution in [0.1, 0.15) is 13.8 Å². The highest BCUT2D eigenvalue weighted by atomic mass is 16.8. The standard InChI is InChI=1S/C28H48O22/c1-7-11(32)14(35)21(23(40)44-7)50-26-17(38)20(49-25-15(36)13(34)12(33)10(3-29)46-25)18(8(2)45-26)47-24-16(37)19(9(31)4-42-24)48-27-22(39)28(41,5-30)6-43-27/h7-27,29-41H,3-6H2,1-2H3/t7-,8+,9-,10-,11+,12-,13+,14+,15-,16-,17-,18+,19+,20+,21-,22+,23?,24+,25+,26+,27+,28-/m1/s1. The summed E-state index contributed by atoms with van der Waals surface area (Å²) < 4.78 is 50.2. The average Bonchev–Trinajstić information content (AvgIpc) is 3.37. The highest BCUT2D eigenvalue weighted by molar-refractivity contribution is 4.98. The first-order chi connectivity index (χ1) is 23.5. The molecule has 5 heterocycles. The number of hydrogen-bond acceptors (Lipinski definition) is 22. The topological polar surface area (TPSA) is 346 Å². The molecule has 50 heavy (non-hydrogen) atoms. The molecule has 5 aliphatic rings. The van der Waals surface area contributed by atoms with E-state index in [1.807, 2.05) is 0 Å². The highest BCUT2D eigenvalue weighted by Gasteiger charge is 2.56. The third-order valence-corrected chi connectivity index (χ3v) is 9.57. The lowest BCUT2D eigenvalue weighted by Gasteiger charge is -2.49. The van der Waals surface area contributed by atoms with Crippen molar-refractivity contribution in [2.75, 3.05) is 26.4 Å². The van der Waals surface area contributed by atoms with Crippen molar-refractivity contribution in [3.05, 3.63) is 0 Å². The van der Waals surface area contributed by atoms with Crippen molar-refractivity contribution in [1.82, 2.24) is 0 Å². The quantitative estimate of drug-likeness (QED) is 0.0990. The molecule has 0 aromatic heterocycles. The number of rotatable bonds is 10. The Morgan fingerprint density at radius 3 is 1.80 bits per heavy atom. The van der Waals surface area contributed by atoms with Gasteiger partial charge in [-0.25, -0.2) is 0 Å². The molecule has 0 amide bonds. The van der Waals surface area contributed by atoms with Gasteiger partial charge in [-0.3, -0.25) is 0 Å². The Labute approximate surface area is 284 Å². The van der Waals surface area contributed by atoms with Crippen LogP contribution in [0.5, 0.6) is 0 Å². The highest BCUT2D eigenvalue weighted by Crippen LogP contribution is 2.36. The van der Waals surface area contributed by atoms with Crippen molar-refractivity contribution >= 4 is 0 Å². The van der Waals surface area contributed by atoms with Crippen molar-refractivity contribution in [1.29, 1.82) is 0 Å². The van der Waals surface area contributed by atoms with E-state index < -0.39 is 161 Å². The second-order valence-electron chi connectivity index (χ2n) is 13.2. The lowest BCUT2D eigenvalue weighted by Crippen LogP contribution is -2.67. The SMILES string of the molecule is C[C@@H]1O[C@@H](O[C@H]2C(O)O[C@H](C)[C@H](O)[C@@H]2O)[C@H](O)[C@H](O[C@@H]2O[C@H](CO)[C@@H](O)[C@H](O)[C@H]2O)[C@H]1O[C@@H]1OC[C@@H](O)[C@H](O[C@@H]2OC[C@](O)(CO)[C@H]2O)[C@H]1O. The second-order valence-corrected chi connectivity index (χ2v) is 13.2. The van der Waals surface area contributed by atoms with Crippen LogP contribution in [0.3, 0.4) is 0 Å². The normalized spacial score (nSPS) is 54.9. The van der Waals surface area contributed by atoms with Gasteiger partial charge < -0.3 is 109 Å². The van der Waals surface area contributed by atoms with Crippen LogP contribution in [0, 0.1) is 0 Å². The second kappa shape index (κ2) is 16.2. The summed E-state index contributed by atoms with van der Waals surface area (Å²) in [5, 5.41) is 135. The average molecular weight is 737 g/mol. The van der Waals surface area contributed by atoms with Gasteiger partial charge in [0.2, 0.25) is 0 Å². The van der Waals surface area contributed by atoms with Gasteiger partial charge >= 0.3 is 0 Å². The van der Waals surface area contributed by atoms with Crippen LogP contribution in [0.25, 0.3) is 0 Å². The molecule has 0 saturated carbocycles. The fraction of sp³-hybridized carbons (Fsp3) is 1.00. The van der Waals surface area contributed by atoms with E-state index in [1.54, 1.807) is 0 Å². The molecule has 0 bridgehead atoms. The Bertz CT molecular complexity index is 1090. The van der Waals surface area contributed by atoms with Crippen molar-refractivity contribution in [3.8, 4) is 0 Å². The number of ether oxygens (including phenoxy) is 9. The zero-order chi connectivity index (χ0) is 36.8. The summed E-state index contributed by atoms with van der Waals surface area (Å²) in [6, 6.07) is 0. The van der Waals surface area contributed by atoms with E-state index >= 15 is 0 Å². The van der Waals surface area contributed by atoms with Crippen LogP contribution in [0.4, 0.5) is 0 Å². The molecule has 22 atom stereocenters. The first kappa shape index (κ1) is 40.3. The van der Waals surface area contributed by atoms with E-state index in [0.717, 1.165) is 0 Å². The molecule has 5 aliphatic heterocycles. The van der Waals surface area contributed by atoms with Crippen LogP contribution in [0.2, 0.25) is 0 Å². The van der Waals surface area contributed by atoms with Crippen LogP contribution < -0.4 is 0 Å². The lowest BCUT2D eigenvalue weighted by atomic mass is 9.96. The van der Waals surface area contributed by atoms with E-state index in [9.17, 15) is 66.4 Å². The molecule has 13 N–H and O–H groups in total. The van der Waals surface area contributed by atoms with Gasteiger partial charge in [-0.2, -0.15) is 0 Å². The van der Waals surface area contributed by atoms with Crippen LogP contribution >= 0.6 is 0 Å². The van der Waals surface area contributed by atoms with E-state index in [1.165, 1.54) is 13.8 Å². The van der Waals surface area contributed by atoms with E-state index in [-0.39, 0.29) is 0 Å². The molecule has 5 fully saturated rings. The minimum atomic E-state index is -2.08. The predicted octanol–water partition coefficient (Wildman–Crippen LogP) is -8.59. The molecule has 22 nitrogen and oxygen atoms in total. The van der Waals surface area contributed by atoms with Gasteiger partial charge in [-0.1, -0.05) is 0 Å². The molecule has 22 heteroatoms. The maximum atomic E-state index is 11.5. The molecule has 292 valence electrons. The predicted molar refractivity (Wildman–Crippen MR) is 152 cm³/mol. The monoisotopic (exact) mass is 736 g/mol. The molecular weight excluding hydrogens is 688 g/mol. The summed E-state index contributed by atoms with van der Waals surface area (Å²) in [6.45, 7) is 0.0236. The van der Waals surface area contributed by atoms with E-state index in [4.69, 9.17) is 42.6 Å². The van der Waals surface area contributed by atoms with Crippen molar-refractivity contribution in [2.45, 2.75) is 149 Å². The van der Waals surface area contributed by atoms with Crippen LogP contribution in [-0.2, 0) is 42.6 Å². The van der Waals surface area contributed by atoms with Gasteiger partial charge in [0, 0.05) is 0 Å². The summed E-state index contributed by atoms with van der Waals surface area (Å²) in [4.78, 5) is 0. The molecule has 0 radical (unpaired) electrons. The third kappa shape index (κ3) is 7.83. The summed E-state index contributed by atoms with van der Waals surface area (Å²) in [5.41, 5.74) is -2.08. The Hall–Kier alpha value is -0.880. The Morgan fingerprint density at radius 1 is 0.560 bits per heavy atom. The minimum absolute atomic E-state index is 0.522.